The Bertz CT molecular complexity index is 546. The van der Waals surface area contributed by atoms with Crippen LogP contribution >= 0.6 is 0 Å². The van der Waals surface area contributed by atoms with Gasteiger partial charge in [0.25, 0.3) is 0 Å². The minimum atomic E-state index is -3.14. The highest BCUT2D eigenvalue weighted by Crippen LogP contribution is 2.20. The predicted octanol–water partition coefficient (Wildman–Crippen LogP) is 1.35. The number of amides is 1. The Morgan fingerprint density at radius 1 is 1.43 bits per heavy atom. The number of nitrogens with zero attached hydrogens (tertiary/aromatic N) is 1. The van der Waals surface area contributed by atoms with Crippen LogP contribution in [0.1, 0.15) is 31.9 Å². The lowest BCUT2D eigenvalue weighted by Gasteiger charge is -2.30. The van der Waals surface area contributed by atoms with Gasteiger partial charge < -0.3 is 9.73 Å². The first-order valence-electron chi connectivity index (χ1n) is 7.31. The minimum absolute atomic E-state index is 0.0288. The van der Waals surface area contributed by atoms with Crippen molar-refractivity contribution in [3.05, 3.63) is 24.2 Å². The lowest BCUT2D eigenvalue weighted by Crippen LogP contribution is -2.43. The van der Waals surface area contributed by atoms with Crippen LogP contribution in [0, 0.1) is 5.92 Å². The average molecular weight is 314 g/mol. The van der Waals surface area contributed by atoms with Gasteiger partial charge >= 0.3 is 0 Å². The smallest absolute Gasteiger partial charge is 0.223 e. The van der Waals surface area contributed by atoms with Gasteiger partial charge in [0.15, 0.2) is 0 Å². The Balaban J connectivity index is 1.79. The molecule has 118 valence electrons. The highest BCUT2D eigenvalue weighted by molar-refractivity contribution is 7.89. The molecule has 1 fully saturated rings. The lowest BCUT2D eigenvalue weighted by molar-refractivity contribution is -0.126. The van der Waals surface area contributed by atoms with E-state index in [-0.39, 0.29) is 17.6 Å². The lowest BCUT2D eigenvalue weighted by atomic mass is 9.97. The third-order valence-electron chi connectivity index (χ3n) is 3.70. The van der Waals surface area contributed by atoms with Crippen LogP contribution in [0.4, 0.5) is 0 Å². The summed E-state index contributed by atoms with van der Waals surface area (Å²) in [6.07, 6.45) is 3.34. The maximum Gasteiger partial charge on any atom is 0.223 e. The Labute approximate surface area is 125 Å². The molecule has 0 unspecified atom stereocenters. The number of sulfonamides is 1. The Morgan fingerprint density at radius 2 is 2.14 bits per heavy atom. The molecule has 1 aromatic heterocycles. The first-order chi connectivity index (χ1) is 10.0. The van der Waals surface area contributed by atoms with Crippen LogP contribution in [0.15, 0.2) is 22.8 Å². The molecular formula is C14H22N2O4S. The fourth-order valence-electron chi connectivity index (χ4n) is 2.51. The van der Waals surface area contributed by atoms with Gasteiger partial charge in [0.05, 0.1) is 18.6 Å². The van der Waals surface area contributed by atoms with Crippen LogP contribution in [0.2, 0.25) is 0 Å². The van der Waals surface area contributed by atoms with E-state index in [0.29, 0.717) is 44.7 Å². The van der Waals surface area contributed by atoms with E-state index in [2.05, 4.69) is 5.32 Å². The van der Waals surface area contributed by atoms with E-state index in [9.17, 15) is 13.2 Å². The number of carbonyl (C=O) groups is 1. The van der Waals surface area contributed by atoms with E-state index in [4.69, 9.17) is 4.42 Å². The first-order valence-corrected chi connectivity index (χ1v) is 8.91. The second-order valence-corrected chi connectivity index (χ2v) is 7.37. The largest absolute Gasteiger partial charge is 0.467 e. The molecule has 0 aliphatic carbocycles. The van der Waals surface area contributed by atoms with Gasteiger partial charge in [0, 0.05) is 19.0 Å². The van der Waals surface area contributed by atoms with Crippen molar-refractivity contribution < 1.29 is 17.6 Å². The van der Waals surface area contributed by atoms with Crippen LogP contribution < -0.4 is 5.32 Å². The molecule has 0 bridgehead atoms. The van der Waals surface area contributed by atoms with Crippen molar-refractivity contribution in [1.29, 1.82) is 0 Å². The van der Waals surface area contributed by atoms with Crippen LogP contribution in [-0.4, -0.2) is 37.5 Å². The molecule has 1 amide bonds. The third-order valence-corrected chi connectivity index (χ3v) is 5.77. The summed E-state index contributed by atoms with van der Waals surface area (Å²) in [7, 11) is -3.14. The van der Waals surface area contributed by atoms with Gasteiger partial charge in [-0.25, -0.2) is 12.7 Å². The molecular weight excluding hydrogens is 292 g/mol. The van der Waals surface area contributed by atoms with Crippen molar-refractivity contribution in [3.63, 3.8) is 0 Å². The second-order valence-electron chi connectivity index (χ2n) is 5.29. The van der Waals surface area contributed by atoms with Crippen LogP contribution in [0.5, 0.6) is 0 Å². The number of nitrogens with one attached hydrogen (secondary N) is 1. The summed E-state index contributed by atoms with van der Waals surface area (Å²) in [6.45, 7) is 3.09. The summed E-state index contributed by atoms with van der Waals surface area (Å²) in [5.41, 5.74) is 0. The van der Waals surface area contributed by atoms with Crippen molar-refractivity contribution in [1.82, 2.24) is 9.62 Å². The van der Waals surface area contributed by atoms with Crippen molar-refractivity contribution in [2.24, 2.45) is 5.92 Å². The number of hydrogen-bond acceptors (Lipinski definition) is 4. The van der Waals surface area contributed by atoms with Gasteiger partial charge in [-0.1, -0.05) is 6.92 Å². The van der Waals surface area contributed by atoms with E-state index in [1.165, 1.54) is 4.31 Å². The monoisotopic (exact) mass is 314 g/mol. The van der Waals surface area contributed by atoms with Gasteiger partial charge in [-0.2, -0.15) is 0 Å². The van der Waals surface area contributed by atoms with Gasteiger partial charge in [0.1, 0.15) is 5.76 Å². The molecule has 1 aliphatic rings. The number of hydrogen-bond donors (Lipinski definition) is 1. The fourth-order valence-corrected chi connectivity index (χ4v) is 4.06. The maximum atomic E-state index is 12.1. The number of rotatable bonds is 6. The van der Waals surface area contributed by atoms with E-state index in [0.717, 1.165) is 0 Å². The summed E-state index contributed by atoms with van der Waals surface area (Å²) < 4.78 is 30.6. The minimum Gasteiger partial charge on any atom is -0.467 e. The van der Waals surface area contributed by atoms with Gasteiger partial charge in [0.2, 0.25) is 15.9 Å². The topological polar surface area (TPSA) is 79.6 Å². The average Bonchev–Trinajstić information content (AvgIpc) is 2.98. The van der Waals surface area contributed by atoms with Crippen molar-refractivity contribution in [2.45, 2.75) is 32.7 Å². The zero-order chi connectivity index (χ0) is 15.3. The normalized spacial score (nSPS) is 17.8. The molecule has 0 spiro atoms. The predicted molar refractivity (Wildman–Crippen MR) is 78.9 cm³/mol. The molecule has 7 heteroatoms. The second kappa shape index (κ2) is 7.09. The quantitative estimate of drug-likeness (QED) is 0.859. The van der Waals surface area contributed by atoms with Crippen molar-refractivity contribution in [2.75, 3.05) is 18.8 Å². The SMILES string of the molecule is CCCS(=O)(=O)N1CCC(C(=O)NCc2ccco2)CC1. The molecule has 2 rings (SSSR count). The third kappa shape index (κ3) is 4.31. The van der Waals surface area contributed by atoms with Crippen LogP contribution in [0.3, 0.4) is 0 Å². The molecule has 1 aromatic rings. The Hall–Kier alpha value is -1.34. The summed E-state index contributed by atoms with van der Waals surface area (Å²) in [4.78, 5) is 12.1. The maximum absolute atomic E-state index is 12.1. The summed E-state index contributed by atoms with van der Waals surface area (Å²) in [5.74, 6) is 0.751. The number of furan rings is 1. The van der Waals surface area contributed by atoms with E-state index in [1.807, 2.05) is 6.92 Å². The summed E-state index contributed by atoms with van der Waals surface area (Å²) in [6, 6.07) is 3.58. The molecule has 0 atom stereocenters. The molecule has 6 nitrogen and oxygen atoms in total. The van der Waals surface area contributed by atoms with Crippen LogP contribution in [-0.2, 0) is 21.4 Å². The number of piperidine rings is 1. The summed E-state index contributed by atoms with van der Waals surface area (Å²) >= 11 is 0. The Morgan fingerprint density at radius 3 is 2.71 bits per heavy atom. The fraction of sp³-hybridized carbons (Fsp3) is 0.643. The highest BCUT2D eigenvalue weighted by atomic mass is 32.2. The van der Waals surface area contributed by atoms with Gasteiger partial charge in [-0.15, -0.1) is 0 Å². The molecule has 2 heterocycles. The van der Waals surface area contributed by atoms with E-state index in [1.54, 1.807) is 18.4 Å². The molecule has 21 heavy (non-hydrogen) atoms. The molecule has 1 N–H and O–H groups in total. The zero-order valence-corrected chi connectivity index (χ0v) is 13.1. The summed E-state index contributed by atoms with van der Waals surface area (Å²) in [5, 5.41) is 2.83. The van der Waals surface area contributed by atoms with Gasteiger partial charge in [-0.05, 0) is 31.4 Å². The van der Waals surface area contributed by atoms with Crippen LogP contribution in [0.25, 0.3) is 0 Å². The molecule has 1 saturated heterocycles. The van der Waals surface area contributed by atoms with E-state index >= 15 is 0 Å². The Kier molecular flexibility index (Phi) is 5.41. The van der Waals surface area contributed by atoms with Crippen molar-refractivity contribution in [3.8, 4) is 0 Å². The first kappa shape index (κ1) is 16.0. The molecule has 0 saturated carbocycles. The number of carbonyl (C=O) groups excluding carboxylic acids is 1. The van der Waals surface area contributed by atoms with Gasteiger partial charge in [-0.3, -0.25) is 4.79 Å². The van der Waals surface area contributed by atoms with Crippen molar-refractivity contribution >= 4 is 15.9 Å². The highest BCUT2D eigenvalue weighted by Gasteiger charge is 2.30. The molecule has 0 radical (unpaired) electrons. The molecule has 0 aromatic carbocycles. The zero-order valence-electron chi connectivity index (χ0n) is 12.2. The van der Waals surface area contributed by atoms with E-state index < -0.39 is 10.0 Å². The standard InChI is InChI=1S/C14H22N2O4S/c1-2-10-21(18,19)16-7-5-12(6-8-16)14(17)15-11-13-4-3-9-20-13/h3-4,9,12H,2,5-8,10-11H2,1H3,(H,15,17). The molecule has 1 aliphatic heterocycles.